The minimum Gasteiger partial charge on any atom is -0.206 e. The normalized spacial score (nSPS) is 10.8. The third-order valence-electron chi connectivity index (χ3n) is 5.05. The largest absolute Gasteiger partial charge is 0.364 e. The maximum atomic E-state index is 6.54. The van der Waals surface area contributed by atoms with E-state index in [4.69, 9.17) is 4.42 Å². The van der Waals surface area contributed by atoms with E-state index in [9.17, 15) is 0 Å². The Balaban J connectivity index is 1.99. The second-order valence-electron chi connectivity index (χ2n) is 7.03. The van der Waals surface area contributed by atoms with Crippen LogP contribution >= 0.6 is 0 Å². The zero-order valence-corrected chi connectivity index (χ0v) is 16.3. The Kier molecular flexibility index (Phi) is 5.63. The zero-order chi connectivity index (χ0) is 19.2. The van der Waals surface area contributed by atoms with Crippen LogP contribution in [-0.2, 0) is 6.42 Å². The highest BCUT2D eigenvalue weighted by Crippen LogP contribution is 2.38. The zero-order valence-electron chi connectivity index (χ0n) is 16.3. The van der Waals surface area contributed by atoms with E-state index in [0.717, 1.165) is 41.9 Å². The van der Waals surface area contributed by atoms with E-state index < -0.39 is 0 Å². The molecule has 28 heavy (non-hydrogen) atoms. The van der Waals surface area contributed by atoms with Gasteiger partial charge < -0.3 is 0 Å². The van der Waals surface area contributed by atoms with Gasteiger partial charge in [0.1, 0.15) is 0 Å². The Morgan fingerprint density at radius 3 is 1.75 bits per heavy atom. The molecule has 0 radical (unpaired) electrons. The highest BCUT2D eigenvalue weighted by Gasteiger charge is 2.26. The predicted molar refractivity (Wildman–Crippen MR) is 118 cm³/mol. The van der Waals surface area contributed by atoms with Crippen LogP contribution in [0.4, 0.5) is 0 Å². The average Bonchev–Trinajstić information content (AvgIpc) is 2.79. The van der Waals surface area contributed by atoms with Gasteiger partial charge in [-0.25, -0.2) is 4.42 Å². The van der Waals surface area contributed by atoms with E-state index in [1.54, 1.807) is 0 Å². The molecule has 1 heterocycles. The van der Waals surface area contributed by atoms with Gasteiger partial charge in [0.15, 0.2) is 0 Å². The van der Waals surface area contributed by atoms with Gasteiger partial charge in [-0.15, -0.1) is 0 Å². The molecular formula is C27H25O+. The van der Waals surface area contributed by atoms with Crippen molar-refractivity contribution >= 4 is 0 Å². The summed E-state index contributed by atoms with van der Waals surface area (Å²) in [5.74, 6) is 1.88. The van der Waals surface area contributed by atoms with Gasteiger partial charge in [-0.3, -0.25) is 0 Å². The number of rotatable bonds is 6. The van der Waals surface area contributed by atoms with E-state index in [0.29, 0.717) is 0 Å². The third kappa shape index (κ3) is 3.89. The van der Waals surface area contributed by atoms with Gasteiger partial charge in [0.25, 0.3) is 0 Å². The Bertz CT molecular complexity index is 961. The van der Waals surface area contributed by atoms with Gasteiger partial charge in [0.05, 0.1) is 22.8 Å². The molecule has 0 fully saturated rings. The molecule has 0 atom stereocenters. The van der Waals surface area contributed by atoms with Crippen LogP contribution in [0.3, 0.4) is 0 Å². The summed E-state index contributed by atoms with van der Waals surface area (Å²) in [5, 5.41) is 0. The Hall–Kier alpha value is -3.19. The summed E-state index contributed by atoms with van der Waals surface area (Å²) < 4.78 is 6.54. The van der Waals surface area contributed by atoms with Crippen molar-refractivity contribution in [3.63, 3.8) is 0 Å². The Morgan fingerprint density at radius 1 is 0.643 bits per heavy atom. The van der Waals surface area contributed by atoms with Crippen molar-refractivity contribution in [2.75, 3.05) is 0 Å². The number of unbranched alkanes of at least 4 members (excludes halogenated alkanes) is 1. The molecule has 1 aromatic heterocycles. The van der Waals surface area contributed by atoms with E-state index in [1.807, 2.05) is 12.1 Å². The lowest BCUT2D eigenvalue weighted by atomic mass is 9.92. The molecule has 1 nitrogen and oxygen atoms in total. The molecule has 0 unspecified atom stereocenters. The smallest absolute Gasteiger partial charge is 0.206 e. The molecule has 0 aliphatic rings. The number of hydrogen-bond acceptors (Lipinski definition) is 0. The van der Waals surface area contributed by atoms with Crippen molar-refractivity contribution in [1.29, 1.82) is 0 Å². The monoisotopic (exact) mass is 365 g/mol. The van der Waals surface area contributed by atoms with Crippen molar-refractivity contribution in [1.82, 2.24) is 0 Å². The standard InChI is InChI=1S/C27H25O/c1-2-3-19-24-25(21-13-7-4-8-14-21)20-26(22-15-9-5-10-16-22)28-27(24)23-17-11-6-12-18-23/h4-18,20H,2-3,19H2,1H3/q+1. The molecular weight excluding hydrogens is 340 g/mol. The van der Waals surface area contributed by atoms with Gasteiger partial charge in [-0.1, -0.05) is 80.1 Å². The lowest BCUT2D eigenvalue weighted by Gasteiger charge is -2.10. The van der Waals surface area contributed by atoms with Gasteiger partial charge in [-0.05, 0) is 42.7 Å². The average molecular weight is 365 g/mol. The van der Waals surface area contributed by atoms with Crippen molar-refractivity contribution in [3.05, 3.63) is 103 Å². The molecule has 0 N–H and O–H groups in total. The minimum absolute atomic E-state index is 0.901. The summed E-state index contributed by atoms with van der Waals surface area (Å²) in [6.07, 6.45) is 3.30. The molecule has 0 aliphatic carbocycles. The van der Waals surface area contributed by atoms with Crippen molar-refractivity contribution in [3.8, 4) is 33.8 Å². The Labute approximate surface area is 167 Å². The molecule has 0 aliphatic heterocycles. The molecule has 0 bridgehead atoms. The highest BCUT2D eigenvalue weighted by atomic mass is 16.3. The molecule has 4 rings (SSSR count). The lowest BCUT2D eigenvalue weighted by molar-refractivity contribution is 0.572. The number of benzene rings is 3. The van der Waals surface area contributed by atoms with Gasteiger partial charge in [0, 0.05) is 5.56 Å². The van der Waals surface area contributed by atoms with Crippen molar-refractivity contribution in [2.24, 2.45) is 0 Å². The van der Waals surface area contributed by atoms with Crippen molar-refractivity contribution < 1.29 is 4.42 Å². The molecule has 4 aromatic rings. The molecule has 0 amide bonds. The van der Waals surface area contributed by atoms with Gasteiger partial charge in [-0.2, -0.15) is 0 Å². The summed E-state index contributed by atoms with van der Waals surface area (Å²) in [7, 11) is 0. The summed E-state index contributed by atoms with van der Waals surface area (Å²) in [6.45, 7) is 2.24. The summed E-state index contributed by atoms with van der Waals surface area (Å²) in [6, 6.07) is 33.7. The molecule has 0 saturated carbocycles. The van der Waals surface area contributed by atoms with Crippen LogP contribution in [0.25, 0.3) is 33.8 Å². The van der Waals surface area contributed by atoms with Crippen LogP contribution < -0.4 is 0 Å². The van der Waals surface area contributed by atoms with Crippen LogP contribution in [0.15, 0.2) is 101 Å². The molecule has 1 heteroatoms. The SMILES string of the molecule is CCCCc1c(-c2ccccc2)cc(-c2ccccc2)[o+]c1-c1ccccc1. The van der Waals surface area contributed by atoms with Crippen LogP contribution in [-0.4, -0.2) is 0 Å². The van der Waals surface area contributed by atoms with Crippen LogP contribution in [0.2, 0.25) is 0 Å². The van der Waals surface area contributed by atoms with Crippen molar-refractivity contribution in [2.45, 2.75) is 26.2 Å². The minimum atomic E-state index is 0.901. The van der Waals surface area contributed by atoms with Crippen LogP contribution in [0, 0.1) is 0 Å². The maximum Gasteiger partial charge on any atom is 0.364 e. The van der Waals surface area contributed by atoms with Gasteiger partial charge >= 0.3 is 11.5 Å². The van der Waals surface area contributed by atoms with Crippen LogP contribution in [0.5, 0.6) is 0 Å². The molecule has 138 valence electrons. The maximum absolute atomic E-state index is 6.54. The Morgan fingerprint density at radius 2 is 1.18 bits per heavy atom. The summed E-state index contributed by atoms with van der Waals surface area (Å²) >= 11 is 0. The first-order chi connectivity index (χ1) is 13.9. The summed E-state index contributed by atoms with van der Waals surface area (Å²) in [4.78, 5) is 0. The lowest BCUT2D eigenvalue weighted by Crippen LogP contribution is -1.97. The topological polar surface area (TPSA) is 11.3 Å². The predicted octanol–water partition coefficient (Wildman–Crippen LogP) is 7.90. The van der Waals surface area contributed by atoms with Crippen LogP contribution in [0.1, 0.15) is 25.3 Å². The molecule has 0 spiro atoms. The third-order valence-corrected chi connectivity index (χ3v) is 5.05. The second-order valence-corrected chi connectivity index (χ2v) is 7.03. The highest BCUT2D eigenvalue weighted by molar-refractivity contribution is 5.79. The van der Waals surface area contributed by atoms with Gasteiger partial charge in [0.2, 0.25) is 0 Å². The number of hydrogen-bond donors (Lipinski definition) is 0. The van der Waals surface area contributed by atoms with E-state index >= 15 is 0 Å². The second kappa shape index (κ2) is 8.67. The molecule has 3 aromatic carbocycles. The summed E-state index contributed by atoms with van der Waals surface area (Å²) in [5.41, 5.74) is 6.01. The fourth-order valence-corrected chi connectivity index (χ4v) is 3.59. The quantitative estimate of drug-likeness (QED) is 0.316. The molecule has 0 saturated heterocycles. The first-order valence-corrected chi connectivity index (χ1v) is 10.0. The van der Waals surface area contributed by atoms with E-state index in [1.165, 1.54) is 16.7 Å². The fourth-order valence-electron chi connectivity index (χ4n) is 3.59. The van der Waals surface area contributed by atoms with E-state index in [-0.39, 0.29) is 0 Å². The fraction of sp³-hybridized carbons (Fsp3) is 0.148. The van der Waals surface area contributed by atoms with E-state index in [2.05, 4.69) is 91.9 Å². The first kappa shape index (κ1) is 18.2. The first-order valence-electron chi connectivity index (χ1n) is 10.0.